The summed E-state index contributed by atoms with van der Waals surface area (Å²) in [6.45, 7) is 10.7. The van der Waals surface area contributed by atoms with Crippen LogP contribution in [0.25, 0.3) is 0 Å². The van der Waals surface area contributed by atoms with Gasteiger partial charge in [0.15, 0.2) is 0 Å². The lowest BCUT2D eigenvalue weighted by atomic mass is 9.96. The number of nitrogens with zero attached hydrogens (tertiary/aromatic N) is 3. The Labute approximate surface area is 115 Å². The van der Waals surface area contributed by atoms with Crippen molar-refractivity contribution in [2.45, 2.75) is 45.6 Å². The molecule has 0 spiro atoms. The molecule has 1 aromatic rings. The average molecular weight is 267 g/mol. The molecule has 1 amide bonds. The fourth-order valence-electron chi connectivity index (χ4n) is 1.23. The van der Waals surface area contributed by atoms with Crippen molar-refractivity contribution in [3.05, 3.63) is 11.6 Å². The molecule has 108 valence electrons. The molecule has 2 N–H and O–H groups in total. The minimum absolute atomic E-state index is 0.112. The molecule has 0 radical (unpaired) electrons. The van der Waals surface area contributed by atoms with Crippen LogP contribution in [-0.2, 0) is 5.41 Å². The van der Waals surface area contributed by atoms with E-state index in [2.05, 4.69) is 39.2 Å². The van der Waals surface area contributed by atoms with Crippen molar-refractivity contribution in [2.24, 2.45) is 0 Å². The highest BCUT2D eigenvalue weighted by molar-refractivity contribution is 5.90. The fraction of sp³-hybridized carbons (Fsp3) is 0.769. The summed E-state index contributed by atoms with van der Waals surface area (Å²) in [4.78, 5) is 18.3. The third kappa shape index (κ3) is 4.02. The van der Waals surface area contributed by atoms with Gasteiger partial charge >= 0.3 is 0 Å². The quantitative estimate of drug-likeness (QED) is 0.859. The smallest absolute Gasteiger partial charge is 0.291 e. The summed E-state index contributed by atoms with van der Waals surface area (Å²) in [7, 11) is 3.97. The van der Waals surface area contributed by atoms with E-state index < -0.39 is 0 Å². The molecule has 6 nitrogen and oxygen atoms in total. The second-order valence-electron chi connectivity index (χ2n) is 6.65. The van der Waals surface area contributed by atoms with E-state index in [1.54, 1.807) is 0 Å². The summed E-state index contributed by atoms with van der Waals surface area (Å²) in [5.41, 5.74) is -0.257. The Balaban J connectivity index is 2.67. The molecule has 1 heterocycles. The first-order chi connectivity index (χ1) is 8.54. The van der Waals surface area contributed by atoms with E-state index in [1.807, 2.05) is 34.9 Å². The lowest BCUT2D eigenvalue weighted by Crippen LogP contribution is -2.48. The number of hydrogen-bond acceptors (Lipinski definition) is 4. The Morgan fingerprint density at radius 3 is 2.26 bits per heavy atom. The van der Waals surface area contributed by atoms with E-state index >= 15 is 0 Å². The van der Waals surface area contributed by atoms with Gasteiger partial charge in [-0.25, -0.2) is 4.98 Å². The number of aromatic amines is 1. The molecule has 6 heteroatoms. The SMILES string of the molecule is CN(C)C(C)(C)CNC(=O)c1n[nH]c(C(C)(C)C)n1. The Bertz CT molecular complexity index is 442. The summed E-state index contributed by atoms with van der Waals surface area (Å²) in [6, 6.07) is 0. The van der Waals surface area contributed by atoms with Crippen molar-refractivity contribution in [1.82, 2.24) is 25.4 Å². The van der Waals surface area contributed by atoms with Gasteiger partial charge in [0.05, 0.1) is 0 Å². The predicted octanol–water partition coefficient (Wildman–Crippen LogP) is 1.17. The lowest BCUT2D eigenvalue weighted by molar-refractivity contribution is 0.0909. The van der Waals surface area contributed by atoms with Crippen LogP contribution in [-0.4, -0.2) is 52.2 Å². The number of carbonyl (C=O) groups excluding carboxylic acids is 1. The van der Waals surface area contributed by atoms with Crippen molar-refractivity contribution in [3.63, 3.8) is 0 Å². The lowest BCUT2D eigenvalue weighted by Gasteiger charge is -2.32. The van der Waals surface area contributed by atoms with Crippen LogP contribution in [0.3, 0.4) is 0 Å². The van der Waals surface area contributed by atoms with Crippen LogP contribution >= 0.6 is 0 Å². The van der Waals surface area contributed by atoms with Crippen LogP contribution in [0, 0.1) is 0 Å². The topological polar surface area (TPSA) is 73.9 Å². The molecule has 0 aromatic carbocycles. The second kappa shape index (κ2) is 5.28. The largest absolute Gasteiger partial charge is 0.347 e. The number of carbonyl (C=O) groups is 1. The number of rotatable bonds is 4. The van der Waals surface area contributed by atoms with E-state index in [0.29, 0.717) is 12.4 Å². The highest BCUT2D eigenvalue weighted by Crippen LogP contribution is 2.17. The van der Waals surface area contributed by atoms with Crippen LogP contribution in [0.4, 0.5) is 0 Å². The van der Waals surface area contributed by atoms with E-state index in [-0.39, 0.29) is 22.7 Å². The molecule has 0 unspecified atom stereocenters. The van der Waals surface area contributed by atoms with Gasteiger partial charge in [0, 0.05) is 17.5 Å². The maximum atomic E-state index is 12.0. The van der Waals surface area contributed by atoms with Gasteiger partial charge in [-0.2, -0.15) is 0 Å². The summed E-state index contributed by atoms with van der Waals surface area (Å²) < 4.78 is 0. The maximum Gasteiger partial charge on any atom is 0.291 e. The van der Waals surface area contributed by atoms with E-state index in [1.165, 1.54) is 0 Å². The zero-order valence-electron chi connectivity index (χ0n) is 13.0. The molecule has 0 saturated carbocycles. The third-order valence-electron chi connectivity index (χ3n) is 3.29. The van der Waals surface area contributed by atoms with Crippen LogP contribution < -0.4 is 5.32 Å². The molecule has 19 heavy (non-hydrogen) atoms. The van der Waals surface area contributed by atoms with Crippen molar-refractivity contribution in [3.8, 4) is 0 Å². The van der Waals surface area contributed by atoms with Gasteiger partial charge in [0.25, 0.3) is 5.91 Å². The molecule has 0 aliphatic heterocycles. The summed E-state index contributed by atoms with van der Waals surface area (Å²) in [6.07, 6.45) is 0. The first kappa shape index (κ1) is 15.6. The predicted molar refractivity (Wildman–Crippen MR) is 75.2 cm³/mol. The Hall–Kier alpha value is -1.43. The zero-order chi connectivity index (χ0) is 14.8. The van der Waals surface area contributed by atoms with Crippen molar-refractivity contribution in [1.29, 1.82) is 0 Å². The zero-order valence-corrected chi connectivity index (χ0v) is 13.0. The third-order valence-corrected chi connectivity index (χ3v) is 3.29. The Morgan fingerprint density at radius 2 is 1.84 bits per heavy atom. The minimum atomic E-state index is -0.248. The molecule has 0 bridgehead atoms. The normalized spacial score (nSPS) is 12.8. The number of amides is 1. The highest BCUT2D eigenvalue weighted by Gasteiger charge is 2.24. The van der Waals surface area contributed by atoms with Crippen molar-refractivity contribution < 1.29 is 4.79 Å². The number of nitrogens with one attached hydrogen (secondary N) is 2. The van der Waals surface area contributed by atoms with Gasteiger partial charge in [-0.05, 0) is 27.9 Å². The van der Waals surface area contributed by atoms with Gasteiger partial charge in [-0.1, -0.05) is 20.8 Å². The van der Waals surface area contributed by atoms with Gasteiger partial charge in [-0.15, -0.1) is 5.10 Å². The second-order valence-corrected chi connectivity index (χ2v) is 6.65. The monoisotopic (exact) mass is 267 g/mol. The summed E-state index contributed by atoms with van der Waals surface area (Å²) in [5.74, 6) is 0.658. The molecular weight excluding hydrogens is 242 g/mol. The van der Waals surface area contributed by atoms with Crippen LogP contribution in [0.2, 0.25) is 0 Å². The van der Waals surface area contributed by atoms with Crippen LogP contribution in [0.5, 0.6) is 0 Å². The minimum Gasteiger partial charge on any atom is -0.347 e. The molecule has 0 aliphatic rings. The Morgan fingerprint density at radius 1 is 1.26 bits per heavy atom. The standard InChI is InChI=1S/C13H25N5O/c1-12(2,3)11-15-9(16-17-11)10(19)14-8-13(4,5)18(6)7/h8H2,1-7H3,(H,14,19)(H,15,16,17). The van der Waals surface area contributed by atoms with E-state index in [0.717, 1.165) is 0 Å². The van der Waals surface area contributed by atoms with Gasteiger partial charge in [0.1, 0.15) is 5.82 Å². The molecule has 0 saturated heterocycles. The van der Waals surface area contributed by atoms with Gasteiger partial charge < -0.3 is 10.2 Å². The Kier molecular flexibility index (Phi) is 4.35. The van der Waals surface area contributed by atoms with Crippen molar-refractivity contribution >= 4 is 5.91 Å². The van der Waals surface area contributed by atoms with Crippen molar-refractivity contribution in [2.75, 3.05) is 20.6 Å². The number of H-pyrrole nitrogens is 1. The van der Waals surface area contributed by atoms with Gasteiger partial charge in [-0.3, -0.25) is 9.89 Å². The van der Waals surface area contributed by atoms with Crippen LogP contribution in [0.1, 0.15) is 51.1 Å². The molecule has 0 fully saturated rings. The first-order valence-corrected chi connectivity index (χ1v) is 6.42. The number of likely N-dealkylation sites (N-methyl/N-ethyl adjacent to an activating group) is 1. The van der Waals surface area contributed by atoms with E-state index in [9.17, 15) is 4.79 Å². The molecule has 0 atom stereocenters. The average Bonchev–Trinajstić information content (AvgIpc) is 2.74. The van der Waals surface area contributed by atoms with Gasteiger partial charge in [0.2, 0.25) is 5.82 Å². The summed E-state index contributed by atoms with van der Waals surface area (Å²) >= 11 is 0. The molecule has 1 aromatic heterocycles. The van der Waals surface area contributed by atoms with Crippen LogP contribution in [0.15, 0.2) is 0 Å². The number of aromatic nitrogens is 3. The molecular formula is C13H25N5O. The summed E-state index contributed by atoms with van der Waals surface area (Å²) in [5, 5.41) is 9.64. The first-order valence-electron chi connectivity index (χ1n) is 6.42. The van der Waals surface area contributed by atoms with E-state index in [4.69, 9.17) is 0 Å². The number of hydrogen-bond donors (Lipinski definition) is 2. The molecule has 1 rings (SSSR count). The molecule has 0 aliphatic carbocycles. The maximum absolute atomic E-state index is 12.0. The highest BCUT2D eigenvalue weighted by atomic mass is 16.2. The fourth-order valence-corrected chi connectivity index (χ4v) is 1.23.